The topological polar surface area (TPSA) is 86.4 Å². The number of likely N-dealkylation sites (N-methyl/N-ethyl adjacent to an activating group) is 1. The summed E-state index contributed by atoms with van der Waals surface area (Å²) < 4.78 is 0. The third-order valence-corrected chi connectivity index (χ3v) is 3.33. The zero-order valence-electron chi connectivity index (χ0n) is 11.6. The van der Waals surface area contributed by atoms with Crippen molar-refractivity contribution < 1.29 is 9.59 Å². The third-order valence-electron chi connectivity index (χ3n) is 3.33. The number of piperazine rings is 1. The minimum Gasteiger partial charge on any atom is -0.357 e. The minimum absolute atomic E-state index is 0.0458. The van der Waals surface area contributed by atoms with Crippen molar-refractivity contribution in [3.05, 3.63) is 24.0 Å². The first kappa shape index (κ1) is 14.3. The van der Waals surface area contributed by atoms with Gasteiger partial charge in [0.2, 0.25) is 5.91 Å². The summed E-state index contributed by atoms with van der Waals surface area (Å²) in [4.78, 5) is 29.6. The summed E-state index contributed by atoms with van der Waals surface area (Å²) in [7, 11) is 3.19. The maximum absolute atomic E-state index is 11.9. The molecular weight excluding hydrogens is 258 g/mol. The number of anilines is 1. The number of nitrogens with one attached hydrogen (secondary N) is 3. The number of aromatic nitrogens is 1. The largest absolute Gasteiger partial charge is 0.357 e. The maximum atomic E-state index is 11.9. The molecule has 0 aliphatic carbocycles. The van der Waals surface area contributed by atoms with Crippen molar-refractivity contribution in [2.75, 3.05) is 38.6 Å². The molecule has 0 spiro atoms. The molecule has 20 heavy (non-hydrogen) atoms. The Morgan fingerprint density at radius 1 is 1.40 bits per heavy atom. The van der Waals surface area contributed by atoms with E-state index in [0.29, 0.717) is 18.8 Å². The first-order valence-corrected chi connectivity index (χ1v) is 6.54. The van der Waals surface area contributed by atoms with Crippen molar-refractivity contribution in [2.45, 2.75) is 6.04 Å². The molecule has 2 amide bonds. The number of carbonyl (C=O) groups excluding carboxylic acids is 2. The van der Waals surface area contributed by atoms with Gasteiger partial charge in [0.15, 0.2) is 0 Å². The Balaban J connectivity index is 2.28. The number of hydrogen-bond donors (Lipinski definition) is 3. The first-order valence-electron chi connectivity index (χ1n) is 6.54. The molecule has 1 fully saturated rings. The molecule has 108 valence electrons. The van der Waals surface area contributed by atoms with Gasteiger partial charge >= 0.3 is 0 Å². The highest BCUT2D eigenvalue weighted by atomic mass is 16.2. The fraction of sp³-hybridized carbons (Fsp3) is 0.462. The Hall–Kier alpha value is -2.15. The van der Waals surface area contributed by atoms with Gasteiger partial charge in [-0.1, -0.05) is 0 Å². The van der Waals surface area contributed by atoms with Crippen LogP contribution in [0.3, 0.4) is 0 Å². The summed E-state index contributed by atoms with van der Waals surface area (Å²) in [5, 5.41) is 8.41. The molecule has 1 atom stereocenters. The Kier molecular flexibility index (Phi) is 4.52. The molecule has 2 heterocycles. The van der Waals surface area contributed by atoms with Gasteiger partial charge in [-0.25, -0.2) is 0 Å². The second-order valence-corrected chi connectivity index (χ2v) is 4.51. The Labute approximate surface area is 117 Å². The number of hydrogen-bond acceptors (Lipinski definition) is 5. The molecule has 1 unspecified atom stereocenters. The molecule has 0 aromatic carbocycles. The molecule has 1 aromatic heterocycles. The van der Waals surface area contributed by atoms with Crippen LogP contribution >= 0.6 is 0 Å². The summed E-state index contributed by atoms with van der Waals surface area (Å²) in [6, 6.07) is 3.24. The predicted octanol–water partition coefficient (Wildman–Crippen LogP) is -1.03. The number of rotatable bonds is 3. The summed E-state index contributed by atoms with van der Waals surface area (Å²) >= 11 is 0. The lowest BCUT2D eigenvalue weighted by molar-refractivity contribution is -0.122. The molecule has 0 radical (unpaired) electrons. The van der Waals surface area contributed by atoms with Crippen LogP contribution in [0.2, 0.25) is 0 Å². The van der Waals surface area contributed by atoms with Crippen LogP contribution < -0.4 is 20.9 Å². The molecule has 0 saturated carbocycles. The van der Waals surface area contributed by atoms with Gasteiger partial charge in [0.25, 0.3) is 5.91 Å². The highest BCUT2D eigenvalue weighted by molar-refractivity contribution is 5.93. The van der Waals surface area contributed by atoms with E-state index >= 15 is 0 Å². The summed E-state index contributed by atoms with van der Waals surface area (Å²) in [5.74, 6) is -0.283. The van der Waals surface area contributed by atoms with E-state index in [0.717, 1.165) is 12.2 Å². The Morgan fingerprint density at radius 3 is 2.90 bits per heavy atom. The van der Waals surface area contributed by atoms with Crippen LogP contribution in [0.1, 0.15) is 10.5 Å². The fourth-order valence-electron chi connectivity index (χ4n) is 2.26. The Bertz CT molecular complexity index is 505. The van der Waals surface area contributed by atoms with Gasteiger partial charge in [-0.3, -0.25) is 14.6 Å². The van der Waals surface area contributed by atoms with Crippen LogP contribution in [0.25, 0.3) is 0 Å². The summed E-state index contributed by atoms with van der Waals surface area (Å²) in [5.41, 5.74) is 1.17. The molecule has 7 heteroatoms. The average molecular weight is 277 g/mol. The quantitative estimate of drug-likeness (QED) is 0.657. The van der Waals surface area contributed by atoms with Crippen LogP contribution in [-0.2, 0) is 4.79 Å². The van der Waals surface area contributed by atoms with Crippen LogP contribution in [0.15, 0.2) is 18.3 Å². The van der Waals surface area contributed by atoms with E-state index in [4.69, 9.17) is 0 Å². The van der Waals surface area contributed by atoms with Crippen molar-refractivity contribution in [2.24, 2.45) is 0 Å². The van der Waals surface area contributed by atoms with E-state index < -0.39 is 0 Å². The number of nitrogens with zero attached hydrogens (tertiary/aromatic N) is 2. The third kappa shape index (κ3) is 2.88. The van der Waals surface area contributed by atoms with Gasteiger partial charge in [0.05, 0.1) is 0 Å². The van der Waals surface area contributed by atoms with E-state index in [1.54, 1.807) is 26.4 Å². The van der Waals surface area contributed by atoms with Crippen molar-refractivity contribution in [1.29, 1.82) is 0 Å². The van der Waals surface area contributed by atoms with Crippen LogP contribution in [0, 0.1) is 0 Å². The summed E-state index contributed by atoms with van der Waals surface area (Å²) in [6.07, 6.45) is 1.59. The molecule has 1 saturated heterocycles. The van der Waals surface area contributed by atoms with E-state index in [1.807, 2.05) is 11.0 Å². The van der Waals surface area contributed by atoms with Gasteiger partial charge in [-0.05, 0) is 12.1 Å². The second kappa shape index (κ2) is 6.33. The number of pyridine rings is 1. The molecular formula is C13H19N5O2. The lowest BCUT2D eigenvalue weighted by Gasteiger charge is -2.36. The van der Waals surface area contributed by atoms with Crippen LogP contribution in [-0.4, -0.2) is 56.6 Å². The van der Waals surface area contributed by atoms with E-state index in [-0.39, 0.29) is 17.9 Å². The lowest BCUT2D eigenvalue weighted by atomic mass is 10.1. The van der Waals surface area contributed by atoms with Crippen LogP contribution in [0.5, 0.6) is 0 Å². The normalized spacial score (nSPS) is 18.5. The highest BCUT2D eigenvalue weighted by Gasteiger charge is 2.28. The van der Waals surface area contributed by atoms with E-state index in [1.165, 1.54) is 0 Å². The molecule has 3 N–H and O–H groups in total. The van der Waals surface area contributed by atoms with Gasteiger partial charge in [-0.15, -0.1) is 0 Å². The van der Waals surface area contributed by atoms with Gasteiger partial charge < -0.3 is 20.9 Å². The minimum atomic E-state index is -0.284. The monoisotopic (exact) mass is 277 g/mol. The van der Waals surface area contributed by atoms with Gasteiger partial charge in [0, 0.05) is 45.6 Å². The van der Waals surface area contributed by atoms with E-state index in [2.05, 4.69) is 20.9 Å². The smallest absolute Gasteiger partial charge is 0.269 e. The molecule has 1 aliphatic rings. The second-order valence-electron chi connectivity index (χ2n) is 4.51. The average Bonchev–Trinajstić information content (AvgIpc) is 2.53. The standard InChI is InChI=1S/C13H19N5O2/c1-14-12(19)10-7-9(3-4-17-10)18-6-5-16-8-11(18)13(20)15-2/h3-4,7,11,16H,5-6,8H2,1-2H3,(H,14,19)(H,15,20). The predicted molar refractivity (Wildman–Crippen MR) is 75.7 cm³/mol. The maximum Gasteiger partial charge on any atom is 0.269 e. The molecule has 0 bridgehead atoms. The van der Waals surface area contributed by atoms with Crippen molar-refractivity contribution in [3.8, 4) is 0 Å². The number of amides is 2. The zero-order chi connectivity index (χ0) is 14.5. The van der Waals surface area contributed by atoms with Gasteiger partial charge in [0.1, 0.15) is 11.7 Å². The number of carbonyl (C=O) groups is 2. The molecule has 7 nitrogen and oxygen atoms in total. The molecule has 1 aliphatic heterocycles. The zero-order valence-corrected chi connectivity index (χ0v) is 11.6. The molecule has 1 aromatic rings. The fourth-order valence-corrected chi connectivity index (χ4v) is 2.26. The highest BCUT2D eigenvalue weighted by Crippen LogP contribution is 2.19. The van der Waals surface area contributed by atoms with Crippen LogP contribution in [0.4, 0.5) is 5.69 Å². The van der Waals surface area contributed by atoms with Crippen molar-refractivity contribution in [1.82, 2.24) is 20.9 Å². The van der Waals surface area contributed by atoms with Crippen molar-refractivity contribution in [3.63, 3.8) is 0 Å². The van der Waals surface area contributed by atoms with Gasteiger partial charge in [-0.2, -0.15) is 0 Å². The van der Waals surface area contributed by atoms with E-state index in [9.17, 15) is 9.59 Å². The summed E-state index contributed by atoms with van der Waals surface area (Å²) in [6.45, 7) is 2.08. The lowest BCUT2D eigenvalue weighted by Crippen LogP contribution is -2.57. The first-order chi connectivity index (χ1) is 9.67. The Morgan fingerprint density at radius 2 is 2.20 bits per heavy atom. The SMILES string of the molecule is CNC(=O)c1cc(N2CCNCC2C(=O)NC)ccn1. The van der Waals surface area contributed by atoms with Crippen molar-refractivity contribution >= 4 is 17.5 Å². The molecule has 2 rings (SSSR count).